The van der Waals surface area contributed by atoms with Gasteiger partial charge in [0.05, 0.1) is 18.0 Å². The van der Waals surface area contributed by atoms with Gasteiger partial charge in [0.1, 0.15) is 30.2 Å². The number of hydrogen-bond acceptors (Lipinski definition) is 5. The van der Waals surface area contributed by atoms with E-state index in [1.807, 2.05) is 0 Å². The fraction of sp³-hybridized carbons (Fsp3) is 0.400. The number of esters is 1. The number of ketones is 1. The minimum atomic E-state index is -1.41. The van der Waals surface area contributed by atoms with Gasteiger partial charge in [0.15, 0.2) is 5.78 Å². The number of nitrogens with one attached hydrogen (secondary N) is 1. The number of amides is 2. The van der Waals surface area contributed by atoms with Crippen molar-refractivity contribution in [2.45, 2.75) is 71.4 Å². The quantitative estimate of drug-likeness (QED) is 0.302. The lowest BCUT2D eigenvalue weighted by molar-refractivity contribution is -0.153. The zero-order valence-corrected chi connectivity index (χ0v) is 24.1. The Balaban J connectivity index is 1.54. The predicted molar refractivity (Wildman–Crippen MR) is 150 cm³/mol. The van der Waals surface area contributed by atoms with Gasteiger partial charge in [0.25, 0.3) is 0 Å². The van der Waals surface area contributed by atoms with Gasteiger partial charge in [0.2, 0.25) is 11.8 Å². The summed E-state index contributed by atoms with van der Waals surface area (Å²) in [4.78, 5) is 52.2. The number of nitrogens with zero attached hydrogens (tertiary/aromatic N) is 2. The Morgan fingerprint density at radius 1 is 1.15 bits per heavy atom. The van der Waals surface area contributed by atoms with E-state index in [1.165, 1.54) is 19.1 Å². The van der Waals surface area contributed by atoms with Crippen LogP contribution in [0.5, 0.6) is 0 Å². The molecule has 11 heteroatoms. The molecule has 2 amide bonds. The monoisotopic (exact) mass is 587 g/mol. The molecule has 0 bridgehead atoms. The average Bonchev–Trinajstić information content (AvgIpc) is 3.44. The molecule has 0 spiro atoms. The highest BCUT2D eigenvalue weighted by atomic mass is 35.5. The molecule has 0 saturated carbocycles. The number of alkyl halides is 1. The summed E-state index contributed by atoms with van der Waals surface area (Å²) in [7, 11) is 0. The number of carbonyl (C=O) groups is 4. The number of benzene rings is 2. The molecule has 1 aromatic heterocycles. The molecule has 3 aromatic rings. The van der Waals surface area contributed by atoms with Crippen molar-refractivity contribution in [1.82, 2.24) is 14.8 Å². The second-order valence-corrected chi connectivity index (χ2v) is 11.6. The highest BCUT2D eigenvalue weighted by Gasteiger charge is 2.39. The number of carbonyl (C=O) groups excluding carboxylic acids is 4. The molecule has 2 atom stereocenters. The summed E-state index contributed by atoms with van der Waals surface area (Å²) in [6, 6.07) is 8.47. The molecule has 1 saturated heterocycles. The van der Waals surface area contributed by atoms with E-state index in [-0.39, 0.29) is 48.8 Å². The van der Waals surface area contributed by atoms with Crippen LogP contribution in [0.25, 0.3) is 10.9 Å². The van der Waals surface area contributed by atoms with Gasteiger partial charge in [-0.3, -0.25) is 19.2 Å². The Morgan fingerprint density at radius 2 is 1.88 bits per heavy atom. The second kappa shape index (κ2) is 12.0. The van der Waals surface area contributed by atoms with Crippen molar-refractivity contribution in [3.05, 3.63) is 70.1 Å². The van der Waals surface area contributed by atoms with E-state index >= 15 is 0 Å². The van der Waals surface area contributed by atoms with Crippen molar-refractivity contribution >= 4 is 46.1 Å². The highest BCUT2D eigenvalue weighted by molar-refractivity contribution is 6.30. The van der Waals surface area contributed by atoms with Crippen LogP contribution in [0.3, 0.4) is 0 Å². The lowest BCUT2D eigenvalue weighted by atomic mass is 10.1. The highest BCUT2D eigenvalue weighted by Crippen LogP contribution is 2.27. The van der Waals surface area contributed by atoms with Gasteiger partial charge in [-0.05, 0) is 45.4 Å². The topological polar surface area (TPSA) is 97.7 Å². The number of rotatable bonds is 8. The van der Waals surface area contributed by atoms with Gasteiger partial charge in [-0.2, -0.15) is 0 Å². The number of likely N-dealkylation sites (tertiary alicyclic amines) is 1. The third-order valence-corrected chi connectivity index (χ3v) is 7.05. The third-order valence-electron chi connectivity index (χ3n) is 6.76. The zero-order valence-electron chi connectivity index (χ0n) is 23.3. The minimum Gasteiger partial charge on any atom is -0.460 e. The van der Waals surface area contributed by atoms with Gasteiger partial charge in [-0.1, -0.05) is 35.9 Å². The van der Waals surface area contributed by atoms with E-state index in [0.29, 0.717) is 22.0 Å². The smallest absolute Gasteiger partial charge is 0.310 e. The van der Waals surface area contributed by atoms with Crippen LogP contribution in [-0.2, 0) is 38.6 Å². The standard InChI is InChI=1S/C30H32ClF2N3O5/c1-17(37)22-15-35(24-10-18(8-9-21(22)24)11-27(39)41-30(2,3)4)16-26(38)36-14-20(32)12-25(36)29(40)34-13-19-6-5-7-23(31)28(19)33/h5-10,15,20,25H,11-14,16H2,1-4H3,(H,34,40)/t20-,25+/m1/s1. The summed E-state index contributed by atoms with van der Waals surface area (Å²) in [6.07, 6.45) is -0.0669. The molecule has 0 radical (unpaired) electrons. The lowest BCUT2D eigenvalue weighted by Gasteiger charge is -2.24. The van der Waals surface area contributed by atoms with E-state index in [2.05, 4.69) is 5.32 Å². The Hall–Kier alpha value is -3.79. The number of fused-ring (bicyclic) bond motifs is 1. The second-order valence-electron chi connectivity index (χ2n) is 11.2. The van der Waals surface area contributed by atoms with Crippen LogP contribution < -0.4 is 5.32 Å². The van der Waals surface area contributed by atoms with Crippen molar-refractivity contribution in [3.8, 4) is 0 Å². The summed E-state index contributed by atoms with van der Waals surface area (Å²) < 4.78 is 35.7. The van der Waals surface area contributed by atoms with Gasteiger partial charge >= 0.3 is 5.97 Å². The van der Waals surface area contributed by atoms with Crippen molar-refractivity contribution in [1.29, 1.82) is 0 Å². The maximum atomic E-state index is 14.5. The SMILES string of the molecule is CC(=O)c1cn(CC(=O)N2C[C@H](F)C[C@H]2C(=O)NCc2cccc(Cl)c2F)c2cc(CC(=O)OC(C)(C)C)ccc12. The molecule has 218 valence electrons. The van der Waals surface area contributed by atoms with Crippen LogP contribution in [-0.4, -0.2) is 57.4 Å². The first-order chi connectivity index (χ1) is 19.2. The van der Waals surface area contributed by atoms with Crippen molar-refractivity contribution in [2.24, 2.45) is 0 Å². The van der Waals surface area contributed by atoms with Gasteiger partial charge in [-0.15, -0.1) is 0 Å². The van der Waals surface area contributed by atoms with E-state index in [4.69, 9.17) is 16.3 Å². The van der Waals surface area contributed by atoms with Crippen LogP contribution in [0.1, 0.15) is 55.6 Å². The number of ether oxygens (including phenoxy) is 1. The molecule has 41 heavy (non-hydrogen) atoms. The van der Waals surface area contributed by atoms with E-state index in [0.717, 1.165) is 4.90 Å². The predicted octanol–water partition coefficient (Wildman–Crippen LogP) is 4.78. The van der Waals surface area contributed by atoms with Crippen LogP contribution in [0.2, 0.25) is 5.02 Å². The normalized spacial score (nSPS) is 17.1. The maximum absolute atomic E-state index is 14.5. The first-order valence-corrected chi connectivity index (χ1v) is 13.6. The lowest BCUT2D eigenvalue weighted by Crippen LogP contribution is -2.46. The molecule has 1 aliphatic rings. The Bertz CT molecular complexity index is 1510. The largest absolute Gasteiger partial charge is 0.460 e. The van der Waals surface area contributed by atoms with Crippen LogP contribution in [0.4, 0.5) is 8.78 Å². The summed E-state index contributed by atoms with van der Waals surface area (Å²) in [5.41, 5.74) is 1.07. The Morgan fingerprint density at radius 3 is 2.56 bits per heavy atom. The van der Waals surface area contributed by atoms with Gasteiger partial charge in [0, 0.05) is 41.2 Å². The third kappa shape index (κ3) is 7.11. The average molecular weight is 588 g/mol. The van der Waals surface area contributed by atoms with Gasteiger partial charge in [-0.25, -0.2) is 8.78 Å². The van der Waals surface area contributed by atoms with Gasteiger partial charge < -0.3 is 19.5 Å². The first kappa shape index (κ1) is 30.2. The fourth-order valence-corrected chi connectivity index (χ4v) is 5.13. The molecule has 0 aliphatic carbocycles. The molecule has 2 aromatic carbocycles. The van der Waals surface area contributed by atoms with Crippen LogP contribution >= 0.6 is 11.6 Å². The van der Waals surface area contributed by atoms with Crippen LogP contribution in [0, 0.1) is 5.82 Å². The molecule has 0 unspecified atom stereocenters. The van der Waals surface area contributed by atoms with E-state index in [1.54, 1.807) is 55.8 Å². The fourth-order valence-electron chi connectivity index (χ4n) is 4.93. The number of aromatic nitrogens is 1. The Labute approximate surface area is 241 Å². The van der Waals surface area contributed by atoms with E-state index in [9.17, 15) is 28.0 Å². The maximum Gasteiger partial charge on any atom is 0.310 e. The summed E-state index contributed by atoms with van der Waals surface area (Å²) in [5.74, 6) is -2.43. The molecule has 4 rings (SSSR count). The molecule has 1 aliphatic heterocycles. The van der Waals surface area contributed by atoms with E-state index < -0.39 is 41.4 Å². The summed E-state index contributed by atoms with van der Waals surface area (Å²) >= 11 is 5.80. The minimum absolute atomic E-state index is 0.00708. The first-order valence-electron chi connectivity index (χ1n) is 13.2. The molecule has 1 fully saturated rings. The number of Topliss-reactive ketones (excluding diaryl/α,β-unsaturated/α-hetero) is 1. The number of halogens is 3. The molecule has 1 N–H and O–H groups in total. The van der Waals surface area contributed by atoms with Crippen molar-refractivity contribution in [2.75, 3.05) is 6.54 Å². The summed E-state index contributed by atoms with van der Waals surface area (Å²) in [6.45, 7) is 6.01. The number of hydrogen-bond donors (Lipinski definition) is 1. The van der Waals surface area contributed by atoms with Crippen molar-refractivity contribution < 1.29 is 32.7 Å². The molecule has 2 heterocycles. The summed E-state index contributed by atoms with van der Waals surface area (Å²) in [5, 5.41) is 3.09. The Kier molecular flexibility index (Phi) is 8.82. The zero-order chi connectivity index (χ0) is 30.1. The molecule has 8 nitrogen and oxygen atoms in total. The van der Waals surface area contributed by atoms with Crippen LogP contribution in [0.15, 0.2) is 42.6 Å². The van der Waals surface area contributed by atoms with Crippen molar-refractivity contribution in [3.63, 3.8) is 0 Å². The molecular weight excluding hydrogens is 556 g/mol. The molecular formula is C30H32ClF2N3O5.